The van der Waals surface area contributed by atoms with Crippen LogP contribution in [0.2, 0.25) is 0 Å². The van der Waals surface area contributed by atoms with Gasteiger partial charge in [-0.25, -0.2) is 0 Å². The summed E-state index contributed by atoms with van der Waals surface area (Å²) in [7, 11) is -7.33. The topological polar surface area (TPSA) is 98.3 Å². The normalized spacial score (nSPS) is 12.3. The lowest BCUT2D eigenvalue weighted by Gasteiger charge is -2.36. The summed E-state index contributed by atoms with van der Waals surface area (Å²) in [4.78, 5) is 25.6. The lowest BCUT2D eigenvalue weighted by molar-refractivity contribution is -0.432. The maximum atomic E-state index is 8.55. The van der Waals surface area contributed by atoms with Crippen molar-refractivity contribution in [3.05, 3.63) is 121 Å². The first-order chi connectivity index (χ1) is 16.2. The maximum absolute atomic E-state index is 8.55. The molecule has 0 bridgehead atoms. The molecule has 34 heavy (non-hydrogen) atoms. The molecular weight excluding hydrogens is 464 g/mol. The number of hydrogen-bond donors (Lipinski definition) is 1. The molecule has 0 saturated carbocycles. The van der Waals surface area contributed by atoms with Gasteiger partial charge in [0.2, 0.25) is 0 Å². The van der Waals surface area contributed by atoms with E-state index in [1.165, 1.54) is 27.2 Å². The molecule has 0 radical (unpaired) electrons. The van der Waals surface area contributed by atoms with Gasteiger partial charge in [-0.15, -0.1) is 0 Å². The Morgan fingerprint density at radius 2 is 0.971 bits per heavy atom. The highest BCUT2D eigenvalue weighted by Gasteiger charge is 2.50. The molecule has 1 N–H and O–H groups in total. The van der Waals surface area contributed by atoms with E-state index in [-0.39, 0.29) is 5.78 Å². The molecule has 0 saturated heterocycles. The van der Waals surface area contributed by atoms with Crippen molar-refractivity contribution >= 4 is 36.7 Å². The summed E-state index contributed by atoms with van der Waals surface area (Å²) in [6.45, 7) is 4.51. The minimum Gasteiger partial charge on any atom is -0.822 e. The van der Waals surface area contributed by atoms with Gasteiger partial charge in [0.15, 0.2) is 0 Å². The lowest BCUT2D eigenvalue weighted by Crippen LogP contribution is -2.41. The molecule has 4 aromatic carbocycles. The maximum Gasteiger partial charge on any atom is 0.149 e. The minimum absolute atomic E-state index is 0.232. The molecule has 0 heterocycles. The average molecular weight is 491 g/mol. The predicted molar refractivity (Wildman–Crippen MR) is 137 cm³/mol. The van der Waals surface area contributed by atoms with E-state index in [4.69, 9.17) is 19.2 Å². The average Bonchev–Trinajstić information content (AvgIpc) is 2.82. The Morgan fingerprint density at radius 1 is 0.647 bits per heavy atom. The fourth-order valence-electron chi connectivity index (χ4n) is 4.16. The van der Waals surface area contributed by atoms with Gasteiger partial charge in [0, 0.05) is 5.69 Å². The summed E-state index contributed by atoms with van der Waals surface area (Å²) in [5.74, 6) is 0.232. The number of anilines is 1. The summed E-state index contributed by atoms with van der Waals surface area (Å²) in [5.41, 5.74) is 2.47. The van der Waals surface area contributed by atoms with E-state index in [1.807, 2.05) is 0 Å². The number of benzene rings is 4. The van der Waals surface area contributed by atoms with Crippen LogP contribution in [-0.2, 0) is 4.57 Å². The highest BCUT2D eigenvalue weighted by molar-refractivity contribution is 7.96. The van der Waals surface area contributed by atoms with E-state index in [1.54, 1.807) is 0 Å². The molecule has 0 aromatic heterocycles. The fraction of sp³-hybridized carbons (Fsp3) is 0.111. The molecule has 0 aliphatic heterocycles. The quantitative estimate of drug-likeness (QED) is 0.419. The molecule has 176 valence electrons. The number of para-hydroxylation sites is 1. The van der Waals surface area contributed by atoms with E-state index >= 15 is 0 Å². The first kappa shape index (κ1) is 25.8. The molecule has 7 heteroatoms. The molecule has 4 aromatic rings. The summed E-state index contributed by atoms with van der Waals surface area (Å²) in [5, 5.41) is 8.08. The van der Waals surface area contributed by atoms with Crippen LogP contribution < -0.4 is 35.9 Å². The van der Waals surface area contributed by atoms with Gasteiger partial charge >= 0.3 is 0 Å². The smallest absolute Gasteiger partial charge is 0.149 e. The van der Waals surface area contributed by atoms with Crippen LogP contribution in [0.25, 0.3) is 0 Å². The third kappa shape index (κ3) is 6.42. The van der Waals surface area contributed by atoms with Crippen molar-refractivity contribution in [1.29, 1.82) is 0 Å². The van der Waals surface area contributed by atoms with E-state index in [9.17, 15) is 0 Å². The van der Waals surface area contributed by atoms with Crippen molar-refractivity contribution in [2.75, 3.05) is 5.32 Å². The first-order valence-electron chi connectivity index (χ1n) is 10.8. The van der Waals surface area contributed by atoms with Crippen molar-refractivity contribution in [1.82, 2.24) is 0 Å². The third-order valence-electron chi connectivity index (χ3n) is 5.58. The summed E-state index contributed by atoms with van der Waals surface area (Å²) in [6, 6.07) is 41.6. The van der Waals surface area contributed by atoms with Gasteiger partial charge in [0.25, 0.3) is 0 Å². The highest BCUT2D eigenvalue weighted by Crippen LogP contribution is 2.59. The Balaban J connectivity index is 0.000000588. The van der Waals surface area contributed by atoms with E-state index < -0.39 is 15.1 Å². The molecule has 0 amide bonds. The van der Waals surface area contributed by atoms with Crippen LogP contribution in [-0.4, -0.2) is 5.78 Å². The number of phosphoric acid groups is 1. The number of hydrogen-bond acceptors (Lipinski definition) is 5. The second-order valence-electron chi connectivity index (χ2n) is 7.81. The molecule has 0 fully saturated rings. The van der Waals surface area contributed by atoms with Gasteiger partial charge in [0.1, 0.15) is 29.0 Å². The van der Waals surface area contributed by atoms with Gasteiger partial charge in [-0.05, 0) is 61.9 Å². The van der Waals surface area contributed by atoms with Crippen molar-refractivity contribution in [2.24, 2.45) is 0 Å². The zero-order valence-electron chi connectivity index (χ0n) is 19.1. The summed E-state index contributed by atoms with van der Waals surface area (Å²) >= 11 is 0. The number of nitrogens with one attached hydrogen (secondary N) is 1. The standard InChI is InChI=1S/C27H27NP.H3O4P/c1-22-14-12-13-21-27(22)28-23(2)29(24-15-6-3-7-16-24,25-17-8-4-9-18-25)26-19-10-5-11-20-26;1-5(2,3)4/h3-21,23,28H,1-2H3;(H3,1,2,3,4)/q+1;/p-3. The predicted octanol–water partition coefficient (Wildman–Crippen LogP) is 2.92. The molecule has 1 unspecified atom stereocenters. The van der Waals surface area contributed by atoms with Crippen LogP contribution in [0, 0.1) is 6.92 Å². The Kier molecular flexibility index (Phi) is 8.79. The second-order valence-corrected chi connectivity index (χ2v) is 12.5. The summed E-state index contributed by atoms with van der Waals surface area (Å²) in [6.07, 6.45) is 0. The zero-order chi connectivity index (χ0) is 24.6. The van der Waals surface area contributed by atoms with Crippen LogP contribution in [0.15, 0.2) is 115 Å². The Labute approximate surface area is 201 Å². The van der Waals surface area contributed by atoms with Crippen LogP contribution in [0.4, 0.5) is 5.69 Å². The molecular formula is C27H27NO4P2-2. The third-order valence-corrected chi connectivity index (χ3v) is 10.2. The van der Waals surface area contributed by atoms with Crippen molar-refractivity contribution in [3.8, 4) is 0 Å². The Bertz CT molecular complexity index is 1110. The Hall–Kier alpha value is -2.78. The van der Waals surface area contributed by atoms with Crippen LogP contribution in [0.5, 0.6) is 0 Å². The van der Waals surface area contributed by atoms with Crippen molar-refractivity contribution < 1.29 is 19.2 Å². The van der Waals surface area contributed by atoms with Gasteiger partial charge in [-0.2, -0.15) is 7.82 Å². The van der Waals surface area contributed by atoms with Crippen LogP contribution >= 0.6 is 15.1 Å². The van der Waals surface area contributed by atoms with Crippen molar-refractivity contribution in [2.45, 2.75) is 19.6 Å². The van der Waals surface area contributed by atoms with Crippen LogP contribution in [0.1, 0.15) is 12.5 Å². The van der Waals surface area contributed by atoms with Crippen LogP contribution in [0.3, 0.4) is 0 Å². The van der Waals surface area contributed by atoms with E-state index in [0.29, 0.717) is 0 Å². The zero-order valence-corrected chi connectivity index (χ0v) is 20.9. The summed E-state index contributed by atoms with van der Waals surface area (Å²) < 4.78 is 8.55. The second kappa shape index (κ2) is 11.6. The number of rotatable bonds is 6. The molecule has 4 rings (SSSR count). The highest BCUT2D eigenvalue weighted by atomic mass is 31.2. The number of aryl methyl sites for hydroxylation is 1. The van der Waals surface area contributed by atoms with Gasteiger partial charge in [0.05, 0.1) is 0 Å². The minimum atomic E-state index is -5.39. The van der Waals surface area contributed by atoms with Crippen molar-refractivity contribution in [3.63, 3.8) is 0 Å². The SMILES string of the molecule is Cc1ccccc1NC(C)[P+](c1ccccc1)(c1ccccc1)c1ccccc1.O=P([O-])([O-])[O-]. The van der Waals surface area contributed by atoms with Gasteiger partial charge in [-0.1, -0.05) is 72.8 Å². The van der Waals surface area contributed by atoms with Gasteiger partial charge < -0.3 is 24.6 Å². The Morgan fingerprint density at radius 3 is 1.32 bits per heavy atom. The molecule has 0 aliphatic carbocycles. The lowest BCUT2D eigenvalue weighted by atomic mass is 10.2. The van der Waals surface area contributed by atoms with Gasteiger partial charge in [-0.3, -0.25) is 0 Å². The first-order valence-corrected chi connectivity index (χ1v) is 14.2. The monoisotopic (exact) mass is 491 g/mol. The molecule has 0 spiro atoms. The molecule has 5 nitrogen and oxygen atoms in total. The van der Waals surface area contributed by atoms with E-state index in [0.717, 1.165) is 0 Å². The fourth-order valence-corrected chi connectivity index (χ4v) is 8.66. The largest absolute Gasteiger partial charge is 0.822 e. The van der Waals surface area contributed by atoms with E-state index in [2.05, 4.69) is 134 Å². The molecule has 0 aliphatic rings. The molecule has 1 atom stereocenters.